The number of hydrogen-bond acceptors (Lipinski definition) is 1. The molecule has 0 spiro atoms. The van der Waals surface area contributed by atoms with Crippen LogP contribution in [0.3, 0.4) is 0 Å². The molecule has 30 heavy (non-hydrogen) atoms. The molecule has 148 valence electrons. The van der Waals surface area contributed by atoms with Gasteiger partial charge in [-0.1, -0.05) is 83.9 Å². The van der Waals surface area contributed by atoms with Crippen molar-refractivity contribution in [2.75, 3.05) is 0 Å². The summed E-state index contributed by atoms with van der Waals surface area (Å²) < 4.78 is 5.94. The lowest BCUT2D eigenvalue weighted by Crippen LogP contribution is -1.87. The maximum Gasteiger partial charge on any atom is 0.127 e. The van der Waals surface area contributed by atoms with Gasteiger partial charge in [-0.3, -0.25) is 0 Å². The van der Waals surface area contributed by atoms with Gasteiger partial charge in [-0.15, -0.1) is 0 Å². The van der Waals surface area contributed by atoms with Crippen molar-refractivity contribution in [2.24, 2.45) is 0 Å². The third-order valence-corrected chi connectivity index (χ3v) is 6.08. The first-order valence-corrected chi connectivity index (χ1v) is 10.7. The second-order valence-corrected chi connectivity index (χ2v) is 8.42. The predicted molar refractivity (Wildman–Crippen MR) is 124 cm³/mol. The summed E-state index contributed by atoms with van der Waals surface area (Å²) in [6, 6.07) is 34.6. The van der Waals surface area contributed by atoms with E-state index in [0.29, 0.717) is 11.8 Å². The van der Waals surface area contributed by atoms with E-state index in [9.17, 15) is 0 Å². The van der Waals surface area contributed by atoms with E-state index < -0.39 is 0 Å². The highest BCUT2D eigenvalue weighted by atomic mass is 16.5. The van der Waals surface area contributed by atoms with Crippen LogP contribution in [-0.2, 0) is 0 Å². The van der Waals surface area contributed by atoms with Crippen LogP contribution in [0.15, 0.2) is 97.1 Å². The van der Waals surface area contributed by atoms with Gasteiger partial charge in [0.1, 0.15) is 11.5 Å². The molecule has 0 aliphatic heterocycles. The Morgan fingerprint density at radius 3 is 1.37 bits per heavy atom. The summed E-state index contributed by atoms with van der Waals surface area (Å²) in [5.41, 5.74) is 7.94. The molecule has 1 nitrogen and oxygen atoms in total. The Bertz CT molecular complexity index is 1120. The Balaban J connectivity index is 1.25. The zero-order chi connectivity index (χ0) is 20.5. The Morgan fingerprint density at radius 1 is 0.500 bits per heavy atom. The van der Waals surface area contributed by atoms with Gasteiger partial charge in [0.05, 0.1) is 0 Å². The molecular weight excluding hydrogens is 364 g/mol. The fraction of sp³-hybridized carbons (Fsp3) is 0.172. The van der Waals surface area contributed by atoms with Crippen molar-refractivity contribution < 1.29 is 4.74 Å². The minimum absolute atomic E-state index is 0.659. The summed E-state index contributed by atoms with van der Waals surface area (Å²) in [6.07, 6.45) is 1.26. The fourth-order valence-corrected chi connectivity index (χ4v) is 4.13. The maximum atomic E-state index is 5.94. The lowest BCUT2D eigenvalue weighted by Gasteiger charge is -2.08. The van der Waals surface area contributed by atoms with Gasteiger partial charge in [0.25, 0.3) is 0 Å². The van der Waals surface area contributed by atoms with Crippen molar-refractivity contribution >= 4 is 0 Å². The van der Waals surface area contributed by atoms with Crippen LogP contribution in [-0.4, -0.2) is 0 Å². The SMILES string of the molecule is Cc1ccc(Oc2ccc(-c3ccc(C4CC4c4ccc(C)cc4)cc3)cc2)cc1. The molecule has 0 aromatic heterocycles. The van der Waals surface area contributed by atoms with E-state index in [1.807, 2.05) is 24.3 Å². The van der Waals surface area contributed by atoms with E-state index in [1.165, 1.54) is 39.8 Å². The quantitative estimate of drug-likeness (QED) is 0.335. The molecule has 4 aromatic rings. The third kappa shape index (κ3) is 4.02. The van der Waals surface area contributed by atoms with E-state index in [1.54, 1.807) is 0 Å². The van der Waals surface area contributed by atoms with Gasteiger partial charge in [0.15, 0.2) is 0 Å². The molecule has 1 aliphatic carbocycles. The van der Waals surface area contributed by atoms with E-state index >= 15 is 0 Å². The monoisotopic (exact) mass is 390 g/mol. The summed E-state index contributed by atoms with van der Waals surface area (Å²) in [5.74, 6) is 3.06. The average Bonchev–Trinajstić information content (AvgIpc) is 3.58. The molecule has 1 aliphatic rings. The zero-order valence-corrected chi connectivity index (χ0v) is 17.5. The lowest BCUT2D eigenvalue weighted by molar-refractivity contribution is 0.482. The van der Waals surface area contributed by atoms with Crippen LogP contribution in [0.4, 0.5) is 0 Å². The summed E-state index contributed by atoms with van der Waals surface area (Å²) in [4.78, 5) is 0. The van der Waals surface area contributed by atoms with Crippen molar-refractivity contribution in [3.8, 4) is 22.6 Å². The molecule has 2 atom stereocenters. The first kappa shape index (κ1) is 18.7. The highest BCUT2D eigenvalue weighted by molar-refractivity contribution is 5.65. The third-order valence-electron chi connectivity index (χ3n) is 6.08. The summed E-state index contributed by atoms with van der Waals surface area (Å²) in [6.45, 7) is 4.23. The van der Waals surface area contributed by atoms with Gasteiger partial charge in [-0.05, 0) is 78.6 Å². The molecule has 2 unspecified atom stereocenters. The minimum atomic E-state index is 0.659. The Hall–Kier alpha value is -3.32. The topological polar surface area (TPSA) is 9.23 Å². The van der Waals surface area contributed by atoms with Gasteiger partial charge in [0, 0.05) is 0 Å². The van der Waals surface area contributed by atoms with Crippen LogP contribution < -0.4 is 4.74 Å². The maximum absolute atomic E-state index is 5.94. The van der Waals surface area contributed by atoms with Crippen LogP contribution in [0, 0.1) is 13.8 Å². The standard InChI is InChI=1S/C29H26O/c1-20-3-7-24(8-4-20)28-19-29(28)25-11-9-22(10-12-25)23-13-17-27(18-14-23)30-26-15-5-21(2)6-16-26/h3-18,28-29H,19H2,1-2H3. The van der Waals surface area contributed by atoms with Gasteiger partial charge in [-0.25, -0.2) is 0 Å². The Labute approximate surface area is 179 Å². The molecular formula is C29H26O. The van der Waals surface area contributed by atoms with Crippen molar-refractivity contribution in [3.63, 3.8) is 0 Å². The van der Waals surface area contributed by atoms with Gasteiger partial charge in [-0.2, -0.15) is 0 Å². The van der Waals surface area contributed by atoms with Crippen LogP contribution in [0.1, 0.15) is 40.5 Å². The van der Waals surface area contributed by atoms with Crippen molar-refractivity contribution in [1.29, 1.82) is 0 Å². The molecule has 1 saturated carbocycles. The Kier molecular flexibility index (Phi) is 4.88. The highest BCUT2D eigenvalue weighted by Crippen LogP contribution is 2.54. The number of rotatable bonds is 5. The lowest BCUT2D eigenvalue weighted by atomic mass is 10.00. The summed E-state index contributed by atoms with van der Waals surface area (Å²) in [7, 11) is 0. The molecule has 0 saturated heterocycles. The summed E-state index contributed by atoms with van der Waals surface area (Å²) in [5, 5.41) is 0. The predicted octanol–water partition coefficient (Wildman–Crippen LogP) is 8.03. The van der Waals surface area contributed by atoms with Crippen LogP contribution in [0.2, 0.25) is 0 Å². The molecule has 1 fully saturated rings. The first-order valence-electron chi connectivity index (χ1n) is 10.7. The molecule has 0 radical (unpaired) electrons. The van der Waals surface area contributed by atoms with Gasteiger partial charge < -0.3 is 4.74 Å². The second kappa shape index (κ2) is 7.84. The number of benzene rings is 4. The van der Waals surface area contributed by atoms with Crippen LogP contribution in [0.5, 0.6) is 11.5 Å². The number of ether oxygens (including phenoxy) is 1. The largest absolute Gasteiger partial charge is 0.457 e. The zero-order valence-electron chi connectivity index (χ0n) is 17.5. The fourth-order valence-electron chi connectivity index (χ4n) is 4.13. The smallest absolute Gasteiger partial charge is 0.127 e. The number of hydrogen-bond donors (Lipinski definition) is 0. The van der Waals surface area contributed by atoms with Crippen molar-refractivity contribution in [2.45, 2.75) is 32.1 Å². The van der Waals surface area contributed by atoms with E-state index in [2.05, 4.69) is 86.6 Å². The van der Waals surface area contributed by atoms with Crippen LogP contribution >= 0.6 is 0 Å². The van der Waals surface area contributed by atoms with Gasteiger partial charge in [0.2, 0.25) is 0 Å². The molecule has 4 aromatic carbocycles. The van der Waals surface area contributed by atoms with E-state index in [-0.39, 0.29) is 0 Å². The van der Waals surface area contributed by atoms with Crippen molar-refractivity contribution in [3.05, 3.63) is 119 Å². The molecule has 0 N–H and O–H groups in total. The molecule has 5 rings (SSSR count). The molecule has 0 amide bonds. The molecule has 0 heterocycles. The van der Waals surface area contributed by atoms with E-state index in [4.69, 9.17) is 4.74 Å². The second-order valence-electron chi connectivity index (χ2n) is 8.42. The average molecular weight is 391 g/mol. The molecule has 1 heteroatoms. The van der Waals surface area contributed by atoms with E-state index in [0.717, 1.165) is 11.5 Å². The highest BCUT2D eigenvalue weighted by Gasteiger charge is 2.39. The normalized spacial score (nSPS) is 17.5. The van der Waals surface area contributed by atoms with Gasteiger partial charge >= 0.3 is 0 Å². The van der Waals surface area contributed by atoms with Crippen molar-refractivity contribution in [1.82, 2.24) is 0 Å². The molecule has 0 bridgehead atoms. The van der Waals surface area contributed by atoms with Crippen LogP contribution in [0.25, 0.3) is 11.1 Å². The first-order chi connectivity index (χ1) is 14.7. The number of aryl methyl sites for hydroxylation is 2. The Morgan fingerprint density at radius 2 is 0.867 bits per heavy atom. The summed E-state index contributed by atoms with van der Waals surface area (Å²) >= 11 is 0. The minimum Gasteiger partial charge on any atom is -0.457 e.